The second-order valence-corrected chi connectivity index (χ2v) is 4.70. The first kappa shape index (κ1) is 15.5. The van der Waals surface area contributed by atoms with E-state index in [1.165, 1.54) is 13.8 Å². The van der Waals surface area contributed by atoms with E-state index in [1.807, 2.05) is 30.3 Å². The lowest BCUT2D eigenvalue weighted by Gasteiger charge is -2.17. The van der Waals surface area contributed by atoms with E-state index >= 15 is 0 Å². The molecule has 0 aromatic heterocycles. The molecular formula is C14H17BO6. The highest BCUT2D eigenvalue weighted by molar-refractivity contribution is 6.61. The minimum Gasteiger partial charge on any atom is -0.463 e. The van der Waals surface area contributed by atoms with Gasteiger partial charge in [-0.1, -0.05) is 30.3 Å². The lowest BCUT2D eigenvalue weighted by atomic mass is 9.79. The van der Waals surface area contributed by atoms with Crippen molar-refractivity contribution in [2.75, 3.05) is 13.2 Å². The molecule has 112 valence electrons. The number of ether oxygens (including phenoxy) is 2. The second kappa shape index (κ2) is 7.24. The first-order valence-electron chi connectivity index (χ1n) is 6.69. The van der Waals surface area contributed by atoms with Gasteiger partial charge in [0.2, 0.25) is 0 Å². The van der Waals surface area contributed by atoms with Gasteiger partial charge in [-0.25, -0.2) is 0 Å². The Morgan fingerprint density at radius 3 is 1.90 bits per heavy atom. The fourth-order valence-corrected chi connectivity index (χ4v) is 1.98. The minimum atomic E-state index is -0.563. The van der Waals surface area contributed by atoms with Gasteiger partial charge in [0.25, 0.3) is 0 Å². The van der Waals surface area contributed by atoms with Crippen LogP contribution in [-0.4, -0.2) is 44.5 Å². The smallest absolute Gasteiger partial charge is 0.463 e. The SMILES string of the molecule is CC(=O)OCC1OB(c2ccccc2)OC1COC(C)=O. The van der Waals surface area contributed by atoms with E-state index in [4.69, 9.17) is 18.8 Å². The summed E-state index contributed by atoms with van der Waals surface area (Å²) in [5.41, 5.74) is 0.857. The molecule has 7 heteroatoms. The molecule has 1 aliphatic heterocycles. The Kier molecular flexibility index (Phi) is 5.35. The molecule has 1 heterocycles. The van der Waals surface area contributed by atoms with Crippen molar-refractivity contribution in [1.29, 1.82) is 0 Å². The average molecular weight is 292 g/mol. The zero-order chi connectivity index (χ0) is 15.2. The summed E-state index contributed by atoms with van der Waals surface area (Å²) < 4.78 is 21.4. The summed E-state index contributed by atoms with van der Waals surface area (Å²) in [6.45, 7) is 2.77. The molecule has 2 rings (SSSR count). The fourth-order valence-electron chi connectivity index (χ4n) is 1.98. The topological polar surface area (TPSA) is 71.1 Å². The Labute approximate surface area is 123 Å². The summed E-state index contributed by atoms with van der Waals surface area (Å²) in [4.78, 5) is 21.8. The lowest BCUT2D eigenvalue weighted by molar-refractivity contribution is -0.148. The highest BCUT2D eigenvalue weighted by atomic mass is 16.7. The van der Waals surface area contributed by atoms with Gasteiger partial charge in [-0.3, -0.25) is 9.59 Å². The predicted octanol–water partition coefficient (Wildman–Crippen LogP) is 0.292. The van der Waals surface area contributed by atoms with Crippen molar-refractivity contribution < 1.29 is 28.4 Å². The normalized spacial score (nSPS) is 21.1. The molecule has 0 N–H and O–H groups in total. The van der Waals surface area contributed by atoms with Crippen molar-refractivity contribution in [3.63, 3.8) is 0 Å². The summed E-state index contributed by atoms with van der Waals surface area (Å²) in [6.07, 6.45) is -0.947. The monoisotopic (exact) mass is 292 g/mol. The van der Waals surface area contributed by atoms with E-state index in [0.29, 0.717) is 0 Å². The highest BCUT2D eigenvalue weighted by Crippen LogP contribution is 2.18. The largest absolute Gasteiger partial charge is 0.494 e. The Morgan fingerprint density at radius 2 is 1.48 bits per heavy atom. The van der Waals surface area contributed by atoms with Crippen LogP contribution in [0.3, 0.4) is 0 Å². The van der Waals surface area contributed by atoms with Gasteiger partial charge < -0.3 is 18.8 Å². The summed E-state index contributed by atoms with van der Waals surface area (Å²) in [5.74, 6) is -0.791. The molecule has 2 unspecified atom stereocenters. The van der Waals surface area contributed by atoms with Gasteiger partial charge in [0.05, 0.1) is 0 Å². The number of hydrogen-bond acceptors (Lipinski definition) is 6. The standard InChI is InChI=1S/C14H17BO6/c1-10(16)18-8-13-14(9-19-11(2)17)21-15(20-13)12-6-4-3-5-7-12/h3-7,13-14H,8-9H2,1-2H3. The average Bonchev–Trinajstić information content (AvgIpc) is 2.87. The molecule has 1 fully saturated rings. The van der Waals surface area contributed by atoms with Gasteiger partial charge >= 0.3 is 19.1 Å². The van der Waals surface area contributed by atoms with E-state index < -0.39 is 31.3 Å². The molecule has 1 aromatic rings. The first-order chi connectivity index (χ1) is 10.1. The fraction of sp³-hybridized carbons (Fsp3) is 0.429. The molecule has 0 spiro atoms. The van der Waals surface area contributed by atoms with Gasteiger partial charge in [0, 0.05) is 13.8 Å². The Bertz CT molecular complexity index is 465. The van der Waals surface area contributed by atoms with Crippen molar-refractivity contribution >= 4 is 24.5 Å². The molecular weight excluding hydrogens is 275 g/mol. The maximum absolute atomic E-state index is 10.9. The number of carbonyl (C=O) groups excluding carboxylic acids is 2. The van der Waals surface area contributed by atoms with Gasteiger partial charge in [0.15, 0.2) is 0 Å². The maximum atomic E-state index is 10.9. The van der Waals surface area contributed by atoms with Crippen LogP contribution in [0.2, 0.25) is 0 Å². The van der Waals surface area contributed by atoms with Crippen LogP contribution in [0.25, 0.3) is 0 Å². The number of carbonyl (C=O) groups is 2. The Hall–Kier alpha value is -1.86. The molecule has 1 saturated heterocycles. The molecule has 0 bridgehead atoms. The lowest BCUT2D eigenvalue weighted by Crippen LogP contribution is -2.32. The molecule has 0 amide bonds. The van der Waals surface area contributed by atoms with Crippen LogP contribution in [0, 0.1) is 0 Å². The third kappa shape index (κ3) is 4.58. The molecule has 0 aliphatic carbocycles. The molecule has 0 saturated carbocycles. The van der Waals surface area contributed by atoms with Crippen LogP contribution in [0.5, 0.6) is 0 Å². The molecule has 0 radical (unpaired) electrons. The van der Waals surface area contributed by atoms with Crippen molar-refractivity contribution in [3.05, 3.63) is 30.3 Å². The first-order valence-corrected chi connectivity index (χ1v) is 6.69. The van der Waals surface area contributed by atoms with E-state index in [9.17, 15) is 9.59 Å². The van der Waals surface area contributed by atoms with Gasteiger partial charge in [0.1, 0.15) is 25.4 Å². The summed E-state index contributed by atoms with van der Waals surface area (Å²) in [7, 11) is -0.563. The number of benzene rings is 1. The van der Waals surface area contributed by atoms with Crippen LogP contribution < -0.4 is 5.46 Å². The van der Waals surface area contributed by atoms with Gasteiger partial charge in [-0.05, 0) is 5.46 Å². The molecule has 1 aliphatic rings. The van der Waals surface area contributed by atoms with Crippen molar-refractivity contribution in [2.24, 2.45) is 0 Å². The van der Waals surface area contributed by atoms with E-state index in [2.05, 4.69) is 0 Å². The summed E-state index contributed by atoms with van der Waals surface area (Å²) in [5, 5.41) is 0. The minimum absolute atomic E-state index is 0.0601. The van der Waals surface area contributed by atoms with Crippen molar-refractivity contribution in [2.45, 2.75) is 26.1 Å². The Balaban J connectivity index is 2.01. The highest BCUT2D eigenvalue weighted by Gasteiger charge is 2.41. The third-order valence-electron chi connectivity index (χ3n) is 2.98. The van der Waals surface area contributed by atoms with Crippen LogP contribution in [-0.2, 0) is 28.4 Å². The van der Waals surface area contributed by atoms with E-state index in [0.717, 1.165) is 5.46 Å². The molecule has 6 nitrogen and oxygen atoms in total. The van der Waals surface area contributed by atoms with Crippen molar-refractivity contribution in [3.8, 4) is 0 Å². The quantitative estimate of drug-likeness (QED) is 0.574. The number of esters is 2. The van der Waals surface area contributed by atoms with Crippen LogP contribution >= 0.6 is 0 Å². The second-order valence-electron chi connectivity index (χ2n) is 4.70. The molecule has 2 atom stereocenters. The summed E-state index contributed by atoms with van der Waals surface area (Å²) in [6, 6.07) is 9.40. The van der Waals surface area contributed by atoms with Crippen LogP contribution in [0.15, 0.2) is 30.3 Å². The number of hydrogen-bond donors (Lipinski definition) is 0. The van der Waals surface area contributed by atoms with Crippen LogP contribution in [0.1, 0.15) is 13.8 Å². The van der Waals surface area contributed by atoms with Crippen molar-refractivity contribution in [1.82, 2.24) is 0 Å². The van der Waals surface area contributed by atoms with E-state index in [-0.39, 0.29) is 13.2 Å². The van der Waals surface area contributed by atoms with Gasteiger partial charge in [-0.15, -0.1) is 0 Å². The number of rotatable bonds is 5. The third-order valence-corrected chi connectivity index (χ3v) is 2.98. The zero-order valence-corrected chi connectivity index (χ0v) is 12.0. The Morgan fingerprint density at radius 1 is 1.00 bits per heavy atom. The molecule has 21 heavy (non-hydrogen) atoms. The molecule has 1 aromatic carbocycles. The van der Waals surface area contributed by atoms with Crippen LogP contribution in [0.4, 0.5) is 0 Å². The van der Waals surface area contributed by atoms with E-state index in [1.54, 1.807) is 0 Å². The van der Waals surface area contributed by atoms with Gasteiger partial charge in [-0.2, -0.15) is 0 Å². The zero-order valence-electron chi connectivity index (χ0n) is 12.0. The maximum Gasteiger partial charge on any atom is 0.494 e. The predicted molar refractivity (Wildman–Crippen MR) is 74.8 cm³/mol. The summed E-state index contributed by atoms with van der Waals surface area (Å²) >= 11 is 0.